The minimum atomic E-state index is -0.0292. The highest BCUT2D eigenvalue weighted by Crippen LogP contribution is 2.20. The maximum Gasteiger partial charge on any atom is 0.251 e. The van der Waals surface area contributed by atoms with E-state index in [1.165, 1.54) is 4.88 Å². The Morgan fingerprint density at radius 2 is 1.95 bits per heavy atom. The number of amides is 1. The maximum atomic E-state index is 11.9. The van der Waals surface area contributed by atoms with Crippen molar-refractivity contribution in [2.45, 2.75) is 26.8 Å². The highest BCUT2D eigenvalue weighted by molar-refractivity contribution is 7.09. The molecule has 1 amide bonds. The molecular weight excluding hydrogens is 282 g/mol. The van der Waals surface area contributed by atoms with Crippen molar-refractivity contribution in [1.82, 2.24) is 15.6 Å². The van der Waals surface area contributed by atoms with E-state index in [0.717, 1.165) is 17.8 Å². The smallest absolute Gasteiger partial charge is 0.251 e. The Morgan fingerprint density at radius 1 is 1.24 bits per heavy atom. The first kappa shape index (κ1) is 15.7. The quantitative estimate of drug-likeness (QED) is 0.807. The van der Waals surface area contributed by atoms with Gasteiger partial charge in [-0.3, -0.25) is 4.79 Å². The third-order valence-corrected chi connectivity index (χ3v) is 4.46. The molecular formula is C16H21N3OS. The molecule has 21 heavy (non-hydrogen) atoms. The average molecular weight is 303 g/mol. The van der Waals surface area contributed by atoms with Crippen molar-refractivity contribution in [3.05, 3.63) is 51.5 Å². The van der Waals surface area contributed by atoms with Crippen LogP contribution in [0.4, 0.5) is 0 Å². The minimum absolute atomic E-state index is 0.0292. The van der Waals surface area contributed by atoms with Crippen LogP contribution in [0.2, 0.25) is 0 Å². The fourth-order valence-corrected chi connectivity index (χ4v) is 2.93. The van der Waals surface area contributed by atoms with Gasteiger partial charge in [0.1, 0.15) is 0 Å². The van der Waals surface area contributed by atoms with Gasteiger partial charge in [-0.15, -0.1) is 11.3 Å². The van der Waals surface area contributed by atoms with Gasteiger partial charge in [0.15, 0.2) is 0 Å². The van der Waals surface area contributed by atoms with E-state index < -0.39 is 0 Å². The number of carbonyl (C=O) groups excluding carboxylic acids is 1. The highest BCUT2D eigenvalue weighted by atomic mass is 32.1. The van der Waals surface area contributed by atoms with E-state index in [1.54, 1.807) is 11.3 Å². The lowest BCUT2D eigenvalue weighted by Gasteiger charge is -2.13. The normalized spacial score (nSPS) is 12.1. The van der Waals surface area contributed by atoms with Crippen LogP contribution in [0.3, 0.4) is 0 Å². The molecule has 2 aromatic rings. The second-order valence-corrected chi connectivity index (χ2v) is 5.99. The van der Waals surface area contributed by atoms with E-state index in [0.29, 0.717) is 12.1 Å². The van der Waals surface area contributed by atoms with E-state index in [-0.39, 0.29) is 11.9 Å². The molecule has 1 unspecified atom stereocenters. The Morgan fingerprint density at radius 3 is 2.57 bits per heavy atom. The van der Waals surface area contributed by atoms with Crippen LogP contribution in [0.5, 0.6) is 0 Å². The summed E-state index contributed by atoms with van der Waals surface area (Å²) in [6, 6.07) is 7.85. The van der Waals surface area contributed by atoms with E-state index in [9.17, 15) is 4.79 Å². The molecule has 1 aromatic heterocycles. The number of nitrogens with zero attached hydrogens (tertiary/aromatic N) is 1. The first-order valence-corrected chi connectivity index (χ1v) is 7.94. The second-order valence-electron chi connectivity index (χ2n) is 5.10. The van der Waals surface area contributed by atoms with Crippen LogP contribution in [-0.2, 0) is 0 Å². The van der Waals surface area contributed by atoms with Gasteiger partial charge in [0.25, 0.3) is 5.91 Å². The zero-order valence-electron chi connectivity index (χ0n) is 12.6. The summed E-state index contributed by atoms with van der Waals surface area (Å²) < 4.78 is 0. The molecule has 0 radical (unpaired) electrons. The maximum absolute atomic E-state index is 11.9. The molecule has 1 heterocycles. The molecule has 0 aliphatic rings. The van der Waals surface area contributed by atoms with Gasteiger partial charge in [-0.25, -0.2) is 4.98 Å². The van der Waals surface area contributed by atoms with Gasteiger partial charge in [-0.2, -0.15) is 0 Å². The summed E-state index contributed by atoms with van der Waals surface area (Å²) in [6.45, 7) is 7.48. The monoisotopic (exact) mass is 303 g/mol. The van der Waals surface area contributed by atoms with Crippen LogP contribution in [0, 0.1) is 13.8 Å². The average Bonchev–Trinajstić information content (AvgIpc) is 2.90. The Balaban J connectivity index is 1.73. The van der Waals surface area contributed by atoms with Gasteiger partial charge >= 0.3 is 0 Å². The van der Waals surface area contributed by atoms with E-state index in [2.05, 4.69) is 22.5 Å². The number of aryl methyl sites for hydroxylation is 2. The summed E-state index contributed by atoms with van der Waals surface area (Å²) in [5, 5.41) is 6.32. The summed E-state index contributed by atoms with van der Waals surface area (Å²) in [5.41, 5.74) is 4.79. The fraction of sp³-hybridized carbons (Fsp3) is 0.375. The number of hydrogen-bond donors (Lipinski definition) is 2. The first-order valence-electron chi connectivity index (χ1n) is 7.06. The molecule has 0 aliphatic carbocycles. The number of aromatic nitrogens is 1. The second kappa shape index (κ2) is 7.33. The molecule has 0 saturated carbocycles. The Kier molecular flexibility index (Phi) is 5.47. The lowest BCUT2D eigenvalue weighted by Crippen LogP contribution is -2.32. The van der Waals surface area contributed by atoms with Gasteiger partial charge in [0, 0.05) is 29.6 Å². The zero-order valence-corrected chi connectivity index (χ0v) is 13.5. The summed E-state index contributed by atoms with van der Waals surface area (Å²) in [5.74, 6) is -0.0292. The van der Waals surface area contributed by atoms with Gasteiger partial charge in [0.2, 0.25) is 0 Å². The number of benzene rings is 1. The van der Waals surface area contributed by atoms with E-state index in [4.69, 9.17) is 0 Å². The molecule has 0 bridgehead atoms. The first-order chi connectivity index (χ1) is 10.1. The summed E-state index contributed by atoms with van der Waals surface area (Å²) >= 11 is 1.66. The van der Waals surface area contributed by atoms with Crippen molar-refractivity contribution in [3.8, 4) is 0 Å². The fourth-order valence-electron chi connectivity index (χ4n) is 2.09. The highest BCUT2D eigenvalue weighted by Gasteiger charge is 2.10. The number of rotatable bonds is 6. The SMILES string of the molecule is Cc1ccc(C(=O)NCCNC(C)c2scnc2C)cc1. The topological polar surface area (TPSA) is 54.0 Å². The summed E-state index contributed by atoms with van der Waals surface area (Å²) in [7, 11) is 0. The molecule has 0 saturated heterocycles. The van der Waals surface area contributed by atoms with Crippen molar-refractivity contribution in [3.63, 3.8) is 0 Å². The molecule has 0 fully saturated rings. The van der Waals surface area contributed by atoms with Crippen molar-refractivity contribution in [2.75, 3.05) is 13.1 Å². The van der Waals surface area contributed by atoms with E-state index in [1.807, 2.05) is 43.6 Å². The number of carbonyl (C=O) groups is 1. The number of hydrogen-bond acceptors (Lipinski definition) is 4. The molecule has 4 nitrogen and oxygen atoms in total. The summed E-state index contributed by atoms with van der Waals surface area (Å²) in [6.07, 6.45) is 0. The van der Waals surface area contributed by atoms with Crippen molar-refractivity contribution >= 4 is 17.2 Å². The number of thiazole rings is 1. The van der Waals surface area contributed by atoms with Crippen LogP contribution in [0.1, 0.15) is 39.5 Å². The molecule has 1 aromatic carbocycles. The van der Waals surface area contributed by atoms with Crippen LogP contribution in [-0.4, -0.2) is 24.0 Å². The van der Waals surface area contributed by atoms with Crippen LogP contribution < -0.4 is 10.6 Å². The largest absolute Gasteiger partial charge is 0.351 e. The molecule has 5 heteroatoms. The molecule has 0 aliphatic heterocycles. The third-order valence-electron chi connectivity index (χ3n) is 3.35. The molecule has 0 spiro atoms. The Labute approximate surface area is 129 Å². The van der Waals surface area contributed by atoms with Crippen LogP contribution in [0.25, 0.3) is 0 Å². The molecule has 2 rings (SSSR count). The predicted octanol–water partition coefficient (Wildman–Crippen LogP) is 2.84. The molecule has 2 N–H and O–H groups in total. The van der Waals surface area contributed by atoms with Crippen molar-refractivity contribution < 1.29 is 4.79 Å². The van der Waals surface area contributed by atoms with Gasteiger partial charge in [0.05, 0.1) is 11.2 Å². The lowest BCUT2D eigenvalue weighted by molar-refractivity contribution is 0.0953. The van der Waals surface area contributed by atoms with Crippen molar-refractivity contribution in [2.24, 2.45) is 0 Å². The predicted molar refractivity (Wildman–Crippen MR) is 86.8 cm³/mol. The number of nitrogens with one attached hydrogen (secondary N) is 2. The van der Waals surface area contributed by atoms with Gasteiger partial charge in [-0.05, 0) is 32.9 Å². The van der Waals surface area contributed by atoms with Crippen LogP contribution in [0.15, 0.2) is 29.8 Å². The molecule has 1 atom stereocenters. The van der Waals surface area contributed by atoms with Gasteiger partial charge in [-0.1, -0.05) is 17.7 Å². The molecule has 112 valence electrons. The minimum Gasteiger partial charge on any atom is -0.351 e. The van der Waals surface area contributed by atoms with Gasteiger partial charge < -0.3 is 10.6 Å². The lowest BCUT2D eigenvalue weighted by atomic mass is 10.1. The van der Waals surface area contributed by atoms with Crippen LogP contribution >= 0.6 is 11.3 Å². The zero-order chi connectivity index (χ0) is 15.2. The van der Waals surface area contributed by atoms with E-state index >= 15 is 0 Å². The Bertz CT molecular complexity index is 592. The third kappa shape index (κ3) is 4.37. The van der Waals surface area contributed by atoms with Crippen molar-refractivity contribution in [1.29, 1.82) is 0 Å². The summed E-state index contributed by atoms with van der Waals surface area (Å²) in [4.78, 5) is 17.4. The standard InChI is InChI=1S/C16H21N3OS/c1-11-4-6-14(7-5-11)16(20)18-9-8-17-12(2)15-13(3)19-10-21-15/h4-7,10,12,17H,8-9H2,1-3H3,(H,18,20). The Hall–Kier alpha value is -1.72.